The monoisotopic (exact) mass is 295 g/mol. The van der Waals surface area contributed by atoms with Crippen molar-refractivity contribution in [2.24, 2.45) is 5.41 Å². The van der Waals surface area contributed by atoms with Crippen molar-refractivity contribution in [3.63, 3.8) is 0 Å². The van der Waals surface area contributed by atoms with E-state index in [1.165, 1.54) is 0 Å². The molecule has 0 spiro atoms. The van der Waals surface area contributed by atoms with Crippen LogP contribution in [-0.4, -0.2) is 30.5 Å². The maximum absolute atomic E-state index is 13.2. The third-order valence-corrected chi connectivity index (χ3v) is 3.89. The van der Waals surface area contributed by atoms with Crippen LogP contribution in [0.5, 0.6) is 0 Å². The first-order valence-electron chi connectivity index (χ1n) is 6.84. The van der Waals surface area contributed by atoms with Crippen LogP contribution in [0, 0.1) is 21.3 Å². The highest BCUT2D eigenvalue weighted by Crippen LogP contribution is 2.27. The van der Waals surface area contributed by atoms with E-state index in [0.717, 1.165) is 44.1 Å². The van der Waals surface area contributed by atoms with Gasteiger partial charge in [-0.05, 0) is 43.5 Å². The van der Waals surface area contributed by atoms with Gasteiger partial charge in [0.15, 0.2) is 0 Å². The molecule has 114 valence electrons. The normalized spacial score (nSPS) is 17.2. The predicted octanol–water partition coefficient (Wildman–Crippen LogP) is 1.85. The van der Waals surface area contributed by atoms with Crippen molar-refractivity contribution in [2.75, 3.05) is 19.6 Å². The number of nitrogens with one attached hydrogen (secondary N) is 2. The fourth-order valence-corrected chi connectivity index (χ4v) is 2.45. The number of nitro groups is 1. The Morgan fingerprint density at radius 2 is 2.14 bits per heavy atom. The second-order valence-corrected chi connectivity index (χ2v) is 5.66. The molecule has 0 saturated carbocycles. The summed E-state index contributed by atoms with van der Waals surface area (Å²) in [4.78, 5) is 22.3. The number of carbonyl (C=O) groups is 1. The highest BCUT2D eigenvalue weighted by atomic mass is 19.1. The summed E-state index contributed by atoms with van der Waals surface area (Å²) in [6, 6.07) is 2.89. The summed E-state index contributed by atoms with van der Waals surface area (Å²) >= 11 is 0. The molecule has 0 bridgehead atoms. The molecule has 6 nitrogen and oxygen atoms in total. The van der Waals surface area contributed by atoms with E-state index >= 15 is 0 Å². The van der Waals surface area contributed by atoms with Gasteiger partial charge in [0.1, 0.15) is 11.4 Å². The van der Waals surface area contributed by atoms with E-state index in [2.05, 4.69) is 17.6 Å². The summed E-state index contributed by atoms with van der Waals surface area (Å²) < 4.78 is 13.2. The molecule has 1 aliphatic rings. The minimum absolute atomic E-state index is 0.0387. The van der Waals surface area contributed by atoms with Gasteiger partial charge in [0.25, 0.3) is 11.6 Å². The Labute approximate surface area is 121 Å². The van der Waals surface area contributed by atoms with Crippen LogP contribution in [0.15, 0.2) is 18.2 Å². The van der Waals surface area contributed by atoms with Crippen LogP contribution in [0.4, 0.5) is 10.1 Å². The Morgan fingerprint density at radius 3 is 2.76 bits per heavy atom. The van der Waals surface area contributed by atoms with Gasteiger partial charge in [0.2, 0.25) is 0 Å². The zero-order chi connectivity index (χ0) is 15.5. The fraction of sp³-hybridized carbons (Fsp3) is 0.500. The molecular weight excluding hydrogens is 277 g/mol. The summed E-state index contributed by atoms with van der Waals surface area (Å²) in [5.41, 5.74) is -0.662. The van der Waals surface area contributed by atoms with Gasteiger partial charge in [-0.25, -0.2) is 4.39 Å². The van der Waals surface area contributed by atoms with Gasteiger partial charge < -0.3 is 10.6 Å². The largest absolute Gasteiger partial charge is 0.351 e. The van der Waals surface area contributed by atoms with E-state index < -0.39 is 16.6 Å². The molecule has 1 saturated heterocycles. The van der Waals surface area contributed by atoms with Crippen molar-refractivity contribution >= 4 is 11.6 Å². The summed E-state index contributed by atoms with van der Waals surface area (Å²) in [6.07, 6.45) is 1.83. The summed E-state index contributed by atoms with van der Waals surface area (Å²) in [7, 11) is 0. The fourth-order valence-electron chi connectivity index (χ4n) is 2.45. The highest BCUT2D eigenvalue weighted by molar-refractivity contribution is 5.98. The van der Waals surface area contributed by atoms with Gasteiger partial charge in [0.05, 0.1) is 4.92 Å². The SMILES string of the molecule is CC1(CNC(=O)c2cc(F)ccc2[N+](=O)[O-])CCNCC1. The maximum Gasteiger partial charge on any atom is 0.282 e. The molecule has 7 heteroatoms. The molecule has 1 fully saturated rings. The molecule has 2 N–H and O–H groups in total. The van der Waals surface area contributed by atoms with Crippen molar-refractivity contribution in [1.29, 1.82) is 0 Å². The third-order valence-electron chi connectivity index (χ3n) is 3.89. The molecule has 0 unspecified atom stereocenters. The van der Waals surface area contributed by atoms with Crippen LogP contribution in [-0.2, 0) is 0 Å². The summed E-state index contributed by atoms with van der Waals surface area (Å²) in [5, 5.41) is 16.8. The van der Waals surface area contributed by atoms with E-state index in [1.54, 1.807) is 0 Å². The van der Waals surface area contributed by atoms with Crippen LogP contribution in [0.1, 0.15) is 30.1 Å². The lowest BCUT2D eigenvalue weighted by molar-refractivity contribution is -0.385. The summed E-state index contributed by atoms with van der Waals surface area (Å²) in [6.45, 7) is 4.24. The first-order chi connectivity index (χ1) is 9.91. The van der Waals surface area contributed by atoms with Crippen LogP contribution in [0.2, 0.25) is 0 Å². The minimum atomic E-state index is -0.680. The van der Waals surface area contributed by atoms with Crippen LogP contribution >= 0.6 is 0 Å². The van der Waals surface area contributed by atoms with Gasteiger partial charge in [-0.15, -0.1) is 0 Å². The first kappa shape index (κ1) is 15.4. The summed E-state index contributed by atoms with van der Waals surface area (Å²) in [5.74, 6) is -1.28. The van der Waals surface area contributed by atoms with Crippen molar-refractivity contribution in [2.45, 2.75) is 19.8 Å². The molecule has 1 aromatic carbocycles. The topological polar surface area (TPSA) is 84.3 Å². The quantitative estimate of drug-likeness (QED) is 0.656. The lowest BCUT2D eigenvalue weighted by Gasteiger charge is -2.34. The molecule has 0 aromatic heterocycles. The number of hydrogen-bond donors (Lipinski definition) is 2. The molecule has 2 rings (SSSR count). The van der Waals surface area contributed by atoms with E-state index in [0.29, 0.717) is 6.54 Å². The van der Waals surface area contributed by atoms with E-state index in [1.807, 2.05) is 0 Å². The standard InChI is InChI=1S/C14H18FN3O3/c1-14(4-6-16-7-5-14)9-17-13(19)11-8-10(15)2-3-12(11)18(20)21/h2-3,8,16H,4-7,9H2,1H3,(H,17,19). The average Bonchev–Trinajstić information content (AvgIpc) is 2.45. The van der Waals surface area contributed by atoms with E-state index in [-0.39, 0.29) is 16.7 Å². The minimum Gasteiger partial charge on any atom is -0.351 e. The van der Waals surface area contributed by atoms with Crippen LogP contribution < -0.4 is 10.6 Å². The number of amides is 1. The van der Waals surface area contributed by atoms with Crippen molar-refractivity contribution < 1.29 is 14.1 Å². The zero-order valence-electron chi connectivity index (χ0n) is 11.8. The number of nitro benzene ring substituents is 1. The lowest BCUT2D eigenvalue weighted by atomic mass is 9.81. The zero-order valence-corrected chi connectivity index (χ0v) is 11.8. The molecule has 1 aliphatic heterocycles. The Balaban J connectivity index is 2.09. The van der Waals surface area contributed by atoms with Crippen molar-refractivity contribution in [1.82, 2.24) is 10.6 Å². The second-order valence-electron chi connectivity index (χ2n) is 5.66. The molecule has 1 amide bonds. The van der Waals surface area contributed by atoms with Crippen LogP contribution in [0.3, 0.4) is 0 Å². The number of piperidine rings is 1. The van der Waals surface area contributed by atoms with E-state index in [9.17, 15) is 19.3 Å². The number of hydrogen-bond acceptors (Lipinski definition) is 4. The van der Waals surface area contributed by atoms with E-state index in [4.69, 9.17) is 0 Å². The van der Waals surface area contributed by atoms with Gasteiger partial charge >= 0.3 is 0 Å². The number of nitrogens with zero attached hydrogens (tertiary/aromatic N) is 1. The Morgan fingerprint density at radius 1 is 1.48 bits per heavy atom. The molecular formula is C14H18FN3O3. The molecule has 0 aliphatic carbocycles. The number of carbonyl (C=O) groups excluding carboxylic acids is 1. The van der Waals surface area contributed by atoms with Gasteiger partial charge in [-0.3, -0.25) is 14.9 Å². The van der Waals surface area contributed by atoms with Gasteiger partial charge in [0, 0.05) is 12.6 Å². The smallest absolute Gasteiger partial charge is 0.282 e. The van der Waals surface area contributed by atoms with Gasteiger partial charge in [-0.1, -0.05) is 6.92 Å². The van der Waals surface area contributed by atoms with Crippen LogP contribution in [0.25, 0.3) is 0 Å². The molecule has 0 radical (unpaired) electrons. The predicted molar refractivity (Wildman–Crippen MR) is 75.6 cm³/mol. The Kier molecular flexibility index (Phi) is 4.52. The van der Waals surface area contributed by atoms with Crippen molar-refractivity contribution in [3.05, 3.63) is 39.7 Å². The molecule has 1 heterocycles. The molecule has 21 heavy (non-hydrogen) atoms. The molecule has 1 aromatic rings. The van der Waals surface area contributed by atoms with Crippen molar-refractivity contribution in [3.8, 4) is 0 Å². The number of benzene rings is 1. The second kappa shape index (κ2) is 6.17. The number of rotatable bonds is 4. The average molecular weight is 295 g/mol. The lowest BCUT2D eigenvalue weighted by Crippen LogP contribution is -2.43. The number of halogens is 1. The van der Waals surface area contributed by atoms with Gasteiger partial charge in [-0.2, -0.15) is 0 Å². The Bertz CT molecular complexity index is 556. The first-order valence-corrected chi connectivity index (χ1v) is 6.84. The Hall–Kier alpha value is -2.02. The third kappa shape index (κ3) is 3.75. The highest BCUT2D eigenvalue weighted by Gasteiger charge is 2.28. The maximum atomic E-state index is 13.2. The molecule has 0 atom stereocenters.